The molecule has 154 valence electrons. The highest BCUT2D eigenvalue weighted by molar-refractivity contribution is 5.89. The molecule has 1 heterocycles. The molecule has 1 unspecified atom stereocenters. The van der Waals surface area contributed by atoms with Gasteiger partial charge in [-0.2, -0.15) is 0 Å². The molecule has 0 aromatic heterocycles. The number of aliphatic carboxylic acids is 2. The van der Waals surface area contributed by atoms with Gasteiger partial charge in [0.15, 0.2) is 11.6 Å². The number of hydrogen-bond donors (Lipinski definition) is 3. The monoisotopic (exact) mass is 405 g/mol. The molecule has 0 bridgehead atoms. The first-order valence-electron chi connectivity index (χ1n) is 8.87. The van der Waals surface area contributed by atoms with E-state index in [1.165, 1.54) is 6.07 Å². The second-order valence-corrected chi connectivity index (χ2v) is 6.19. The zero-order valence-corrected chi connectivity index (χ0v) is 15.5. The summed E-state index contributed by atoms with van der Waals surface area (Å²) in [6.07, 6.45) is 2.29. The zero-order chi connectivity index (χ0) is 21.2. The minimum absolute atomic E-state index is 0.190. The van der Waals surface area contributed by atoms with Crippen LogP contribution in [0.4, 0.5) is 8.78 Å². The second-order valence-electron chi connectivity index (χ2n) is 6.19. The van der Waals surface area contributed by atoms with Gasteiger partial charge < -0.3 is 20.3 Å². The van der Waals surface area contributed by atoms with Crippen molar-refractivity contribution in [1.29, 1.82) is 0 Å². The van der Waals surface area contributed by atoms with E-state index < -0.39 is 23.6 Å². The maximum absolute atomic E-state index is 14.0. The summed E-state index contributed by atoms with van der Waals surface area (Å²) < 4.78 is 33.2. The third-order valence-corrected chi connectivity index (χ3v) is 4.12. The van der Waals surface area contributed by atoms with Gasteiger partial charge in [0.05, 0.1) is 12.7 Å². The predicted molar refractivity (Wildman–Crippen MR) is 102 cm³/mol. The highest BCUT2D eigenvalue weighted by Crippen LogP contribution is 2.28. The SMILES string of the molecule is Fc1cccc(-c2ccccc2COC2CCNC2)c1F.O=C(O)C=CC(=O)O. The topological polar surface area (TPSA) is 95.9 Å². The van der Waals surface area contributed by atoms with Gasteiger partial charge in [0.25, 0.3) is 0 Å². The molecule has 0 amide bonds. The first-order valence-corrected chi connectivity index (χ1v) is 8.87. The standard InChI is InChI=1S/C17H17F2NO.C4H4O4/c18-16-7-3-6-15(17(16)19)14-5-2-1-4-12(14)11-21-13-8-9-20-10-13;5-3(6)1-2-4(7)8/h1-7,13,20H,8-11H2;1-2H,(H,5,6)(H,7,8). The van der Waals surface area contributed by atoms with Gasteiger partial charge in [-0.25, -0.2) is 18.4 Å². The Kier molecular flexibility index (Phi) is 8.45. The van der Waals surface area contributed by atoms with E-state index in [0.717, 1.165) is 31.1 Å². The summed E-state index contributed by atoms with van der Waals surface area (Å²) in [6.45, 7) is 2.21. The summed E-state index contributed by atoms with van der Waals surface area (Å²) in [5.74, 6) is -4.16. The Morgan fingerprint density at radius 3 is 2.31 bits per heavy atom. The first-order chi connectivity index (χ1) is 13.9. The molecule has 29 heavy (non-hydrogen) atoms. The van der Waals surface area contributed by atoms with Crippen molar-refractivity contribution in [3.05, 3.63) is 71.8 Å². The van der Waals surface area contributed by atoms with E-state index in [1.54, 1.807) is 12.1 Å². The lowest BCUT2D eigenvalue weighted by Crippen LogP contribution is -2.16. The summed E-state index contributed by atoms with van der Waals surface area (Å²) in [4.78, 5) is 19.1. The van der Waals surface area contributed by atoms with Crippen LogP contribution in [0.2, 0.25) is 0 Å². The fraction of sp³-hybridized carbons (Fsp3) is 0.238. The number of carbonyl (C=O) groups is 2. The smallest absolute Gasteiger partial charge is 0.328 e. The Morgan fingerprint density at radius 2 is 1.69 bits per heavy atom. The molecule has 8 heteroatoms. The van der Waals surface area contributed by atoms with Gasteiger partial charge in [0.1, 0.15) is 0 Å². The van der Waals surface area contributed by atoms with Gasteiger partial charge in [-0.15, -0.1) is 0 Å². The molecule has 1 aliphatic rings. The van der Waals surface area contributed by atoms with E-state index in [0.29, 0.717) is 24.3 Å². The van der Waals surface area contributed by atoms with Crippen LogP contribution >= 0.6 is 0 Å². The molecule has 1 atom stereocenters. The van der Waals surface area contributed by atoms with Crippen LogP contribution in [0.15, 0.2) is 54.6 Å². The summed E-state index contributed by atoms with van der Waals surface area (Å²) in [7, 11) is 0. The van der Waals surface area contributed by atoms with Crippen LogP contribution in [0.1, 0.15) is 12.0 Å². The van der Waals surface area contributed by atoms with Crippen molar-refractivity contribution < 1.29 is 33.3 Å². The Morgan fingerprint density at radius 1 is 1.03 bits per heavy atom. The molecule has 6 nitrogen and oxygen atoms in total. The van der Waals surface area contributed by atoms with Crippen molar-refractivity contribution in [2.75, 3.05) is 13.1 Å². The van der Waals surface area contributed by atoms with Crippen molar-refractivity contribution in [3.8, 4) is 11.1 Å². The maximum atomic E-state index is 14.0. The number of carboxylic acids is 2. The van der Waals surface area contributed by atoms with Crippen LogP contribution in [0.5, 0.6) is 0 Å². The lowest BCUT2D eigenvalue weighted by Gasteiger charge is -2.14. The predicted octanol–water partition coefficient (Wildman–Crippen LogP) is 3.22. The van der Waals surface area contributed by atoms with E-state index in [2.05, 4.69) is 5.32 Å². The third kappa shape index (κ3) is 7.10. The van der Waals surface area contributed by atoms with Crippen molar-refractivity contribution in [1.82, 2.24) is 5.32 Å². The van der Waals surface area contributed by atoms with Crippen molar-refractivity contribution in [3.63, 3.8) is 0 Å². The largest absolute Gasteiger partial charge is 0.478 e. The molecule has 1 fully saturated rings. The number of rotatable bonds is 6. The number of hydrogen-bond acceptors (Lipinski definition) is 4. The Hall–Kier alpha value is -3.10. The Bertz CT molecular complexity index is 863. The quantitative estimate of drug-likeness (QED) is 0.639. The molecule has 0 radical (unpaired) electrons. The summed E-state index contributed by atoms with van der Waals surface area (Å²) in [5, 5.41) is 18.9. The molecule has 0 aliphatic carbocycles. The van der Waals surface area contributed by atoms with Gasteiger partial charge >= 0.3 is 11.9 Å². The van der Waals surface area contributed by atoms with Crippen LogP contribution in [-0.4, -0.2) is 41.3 Å². The number of halogens is 2. The van der Waals surface area contributed by atoms with Crippen LogP contribution in [0, 0.1) is 11.6 Å². The van der Waals surface area contributed by atoms with Crippen LogP contribution in [0.25, 0.3) is 11.1 Å². The second kappa shape index (κ2) is 11.0. The molecule has 3 N–H and O–H groups in total. The summed E-state index contributed by atoms with van der Waals surface area (Å²) in [5.41, 5.74) is 1.83. The average molecular weight is 405 g/mol. The minimum Gasteiger partial charge on any atom is -0.478 e. The lowest BCUT2D eigenvalue weighted by molar-refractivity contribution is -0.134. The minimum atomic E-state index is -1.26. The molecule has 1 aliphatic heterocycles. The van der Waals surface area contributed by atoms with Crippen molar-refractivity contribution in [2.45, 2.75) is 19.1 Å². The average Bonchev–Trinajstić information content (AvgIpc) is 3.21. The van der Waals surface area contributed by atoms with Gasteiger partial charge in [-0.3, -0.25) is 0 Å². The fourth-order valence-electron chi connectivity index (χ4n) is 2.74. The van der Waals surface area contributed by atoms with E-state index in [-0.39, 0.29) is 11.7 Å². The molecule has 0 saturated carbocycles. The van der Waals surface area contributed by atoms with Crippen molar-refractivity contribution in [2.24, 2.45) is 0 Å². The Labute approximate surface area is 166 Å². The van der Waals surface area contributed by atoms with Gasteiger partial charge in [0, 0.05) is 24.3 Å². The molecule has 2 aromatic carbocycles. The zero-order valence-electron chi connectivity index (χ0n) is 15.5. The first kappa shape index (κ1) is 22.2. The fourth-order valence-corrected chi connectivity index (χ4v) is 2.74. The van der Waals surface area contributed by atoms with Crippen LogP contribution in [0.3, 0.4) is 0 Å². The van der Waals surface area contributed by atoms with Crippen LogP contribution < -0.4 is 5.32 Å². The molecule has 0 spiro atoms. The molecule has 2 aromatic rings. The number of benzene rings is 2. The number of ether oxygens (including phenoxy) is 1. The molecule has 1 saturated heterocycles. The van der Waals surface area contributed by atoms with E-state index in [4.69, 9.17) is 14.9 Å². The van der Waals surface area contributed by atoms with Gasteiger partial charge in [0.2, 0.25) is 0 Å². The summed E-state index contributed by atoms with van der Waals surface area (Å²) in [6, 6.07) is 11.6. The Balaban J connectivity index is 0.000000321. The van der Waals surface area contributed by atoms with Gasteiger partial charge in [-0.05, 0) is 30.2 Å². The molecular formula is C21H21F2NO5. The van der Waals surface area contributed by atoms with E-state index in [1.807, 2.05) is 18.2 Å². The summed E-state index contributed by atoms with van der Waals surface area (Å²) >= 11 is 0. The number of carboxylic acid groups (broad SMARTS) is 2. The molecule has 3 rings (SSSR count). The van der Waals surface area contributed by atoms with E-state index >= 15 is 0 Å². The third-order valence-electron chi connectivity index (χ3n) is 4.12. The van der Waals surface area contributed by atoms with Crippen molar-refractivity contribution >= 4 is 11.9 Å². The maximum Gasteiger partial charge on any atom is 0.328 e. The van der Waals surface area contributed by atoms with Crippen LogP contribution in [-0.2, 0) is 20.9 Å². The number of nitrogens with one attached hydrogen (secondary N) is 1. The van der Waals surface area contributed by atoms with Gasteiger partial charge in [-0.1, -0.05) is 36.4 Å². The lowest BCUT2D eigenvalue weighted by atomic mass is 9.99. The highest BCUT2D eigenvalue weighted by atomic mass is 19.2. The molecular weight excluding hydrogens is 384 g/mol. The normalized spacial score (nSPS) is 15.7. The van der Waals surface area contributed by atoms with E-state index in [9.17, 15) is 18.4 Å². The highest BCUT2D eigenvalue weighted by Gasteiger charge is 2.17.